The van der Waals surface area contributed by atoms with Gasteiger partial charge in [-0.3, -0.25) is 14.2 Å². The fourth-order valence-electron chi connectivity index (χ4n) is 4.79. The third-order valence-electron chi connectivity index (χ3n) is 6.59. The molecule has 0 saturated heterocycles. The summed E-state index contributed by atoms with van der Waals surface area (Å²) in [7, 11) is 0.133. The largest absolute Gasteiger partial charge is 0.493 e. The average Bonchev–Trinajstić information content (AvgIpc) is 3.41. The fourth-order valence-corrected chi connectivity index (χ4v) is 5.36. The average molecular weight is 521 g/mol. The van der Waals surface area contributed by atoms with Crippen molar-refractivity contribution in [1.29, 1.82) is 0 Å². The van der Waals surface area contributed by atoms with Crippen molar-refractivity contribution in [3.8, 4) is 17.2 Å². The Bertz CT molecular complexity index is 1510. The summed E-state index contributed by atoms with van der Waals surface area (Å²) in [5, 5.41) is -0.293. The molecule has 1 aliphatic carbocycles. The van der Waals surface area contributed by atoms with Crippen LogP contribution < -0.4 is 24.4 Å². The topological polar surface area (TPSA) is 123 Å². The molecule has 1 aliphatic heterocycles. The molecule has 3 aromatic rings. The molecule has 0 amide bonds. The van der Waals surface area contributed by atoms with E-state index in [-0.39, 0.29) is 22.0 Å². The highest BCUT2D eigenvalue weighted by atomic mass is 31.2. The number of carbonyl (C=O) groups is 2. The van der Waals surface area contributed by atoms with E-state index in [1.165, 1.54) is 18.2 Å². The number of anilines is 2. The second kappa shape index (κ2) is 9.19. The van der Waals surface area contributed by atoms with Crippen molar-refractivity contribution in [2.75, 3.05) is 32.8 Å². The lowest BCUT2D eigenvalue weighted by Crippen LogP contribution is -2.13. The van der Waals surface area contributed by atoms with Crippen molar-refractivity contribution in [1.82, 2.24) is 0 Å². The van der Waals surface area contributed by atoms with E-state index in [0.29, 0.717) is 29.4 Å². The second-order valence-corrected chi connectivity index (χ2v) is 10.3. The van der Waals surface area contributed by atoms with Crippen LogP contribution in [0, 0.1) is 0 Å². The van der Waals surface area contributed by atoms with Crippen LogP contribution in [0.4, 0.5) is 11.4 Å². The molecule has 0 fully saturated rings. The molecule has 1 heterocycles. The predicted molar refractivity (Wildman–Crippen MR) is 138 cm³/mol. The number of carbonyl (C=O) groups excluding carboxylic acids is 2. The summed E-state index contributed by atoms with van der Waals surface area (Å²) in [6.07, 6.45) is 2.28. The van der Waals surface area contributed by atoms with Gasteiger partial charge in [-0.1, -0.05) is 6.07 Å². The maximum atomic E-state index is 13.0. The van der Waals surface area contributed by atoms with Crippen molar-refractivity contribution in [2.24, 2.45) is 0 Å². The molecule has 0 unspecified atom stereocenters. The summed E-state index contributed by atoms with van der Waals surface area (Å²) in [6.45, 7) is 0.711. The van der Waals surface area contributed by atoms with Crippen molar-refractivity contribution < 1.29 is 38.2 Å². The van der Waals surface area contributed by atoms with Gasteiger partial charge in [0.1, 0.15) is 0 Å². The molecule has 0 saturated carbocycles. The third-order valence-corrected chi connectivity index (χ3v) is 7.54. The number of nitrogens with zero attached hydrogens (tertiary/aromatic N) is 1. The number of ether oxygens (including phenoxy) is 3. The zero-order valence-corrected chi connectivity index (χ0v) is 21.2. The van der Waals surface area contributed by atoms with Gasteiger partial charge < -0.3 is 28.9 Å². The number of benzene rings is 3. The van der Waals surface area contributed by atoms with Crippen LogP contribution in [-0.2, 0) is 11.0 Å². The lowest BCUT2D eigenvalue weighted by Gasteiger charge is -2.22. The van der Waals surface area contributed by atoms with E-state index in [1.807, 2.05) is 30.3 Å². The Morgan fingerprint density at radius 2 is 1.54 bits per heavy atom. The van der Waals surface area contributed by atoms with Crippen LogP contribution in [0.2, 0.25) is 0 Å². The van der Waals surface area contributed by atoms with Crippen molar-refractivity contribution in [3.63, 3.8) is 0 Å². The van der Waals surface area contributed by atoms with Gasteiger partial charge in [0.25, 0.3) is 0 Å². The fraction of sp³-hybridized carbons (Fsp3) is 0.185. The molecule has 37 heavy (non-hydrogen) atoms. The molecular weight excluding hydrogens is 497 g/mol. The first-order valence-electron chi connectivity index (χ1n) is 11.4. The normalized spacial score (nSPS) is 15.7. The molecule has 3 aromatic carbocycles. The minimum atomic E-state index is -4.55. The highest BCUT2D eigenvalue weighted by Gasteiger charge is 2.35. The van der Waals surface area contributed by atoms with E-state index in [9.17, 15) is 23.9 Å². The van der Waals surface area contributed by atoms with Crippen molar-refractivity contribution in [3.05, 3.63) is 76.4 Å². The Morgan fingerprint density at radius 1 is 0.865 bits per heavy atom. The van der Waals surface area contributed by atoms with Gasteiger partial charge in [0.2, 0.25) is 5.75 Å². The van der Waals surface area contributed by atoms with Gasteiger partial charge in [0, 0.05) is 41.2 Å². The first-order valence-corrected chi connectivity index (χ1v) is 13.0. The summed E-state index contributed by atoms with van der Waals surface area (Å²) in [5.41, 5.74) is 3.70. The van der Waals surface area contributed by atoms with Gasteiger partial charge in [-0.25, -0.2) is 0 Å². The zero-order valence-electron chi connectivity index (χ0n) is 20.3. The molecule has 9 nitrogen and oxygen atoms in total. The zero-order chi connectivity index (χ0) is 26.5. The molecule has 2 N–H and O–H groups in total. The summed E-state index contributed by atoms with van der Waals surface area (Å²) >= 11 is 0. The minimum absolute atomic E-state index is 0.00631. The Hall–Kier alpha value is -3.91. The van der Waals surface area contributed by atoms with Gasteiger partial charge >= 0.3 is 7.60 Å². The third kappa shape index (κ3) is 4.21. The Morgan fingerprint density at radius 3 is 2.16 bits per heavy atom. The molecule has 2 aliphatic rings. The quantitative estimate of drug-likeness (QED) is 0.284. The highest BCUT2D eigenvalue weighted by Crippen LogP contribution is 2.44. The number of ketones is 2. The van der Waals surface area contributed by atoms with Gasteiger partial charge in [-0.05, 0) is 54.0 Å². The molecule has 10 heteroatoms. The van der Waals surface area contributed by atoms with Gasteiger partial charge in [-0.15, -0.1) is 0 Å². The van der Waals surface area contributed by atoms with E-state index < -0.39 is 19.2 Å². The molecule has 190 valence electrons. The Labute approximate surface area is 213 Å². The number of methoxy groups -OCH3 is 3. The van der Waals surface area contributed by atoms with Crippen LogP contribution in [0.25, 0.3) is 6.08 Å². The molecule has 0 bridgehead atoms. The van der Waals surface area contributed by atoms with Gasteiger partial charge in [0.05, 0.1) is 32.2 Å². The van der Waals surface area contributed by atoms with Gasteiger partial charge in [0.15, 0.2) is 23.1 Å². The number of hydrogen-bond acceptors (Lipinski definition) is 7. The molecular formula is C27H24NO8P. The second-order valence-electron chi connectivity index (χ2n) is 8.66. The summed E-state index contributed by atoms with van der Waals surface area (Å²) < 4.78 is 28.0. The monoisotopic (exact) mass is 521 g/mol. The highest BCUT2D eigenvalue weighted by molar-refractivity contribution is 7.60. The first-order chi connectivity index (χ1) is 17.7. The van der Waals surface area contributed by atoms with Crippen LogP contribution in [0.15, 0.2) is 54.1 Å². The van der Waals surface area contributed by atoms with E-state index in [2.05, 4.69) is 4.90 Å². The van der Waals surface area contributed by atoms with E-state index in [4.69, 9.17) is 14.2 Å². The first kappa shape index (κ1) is 24.8. The Balaban J connectivity index is 1.47. The van der Waals surface area contributed by atoms with Crippen LogP contribution >= 0.6 is 7.60 Å². The van der Waals surface area contributed by atoms with Crippen LogP contribution in [0.3, 0.4) is 0 Å². The smallest absolute Gasteiger partial charge is 0.356 e. The standard InChI is InChI=1S/C27H24NO8P/c1-34-23-12-17(13-24(35-2)27(23)36-3)28-9-8-16-10-15(4-7-22(16)28)11-21-25(29)19-6-5-18(37(31,32)33)14-20(19)26(21)30/h4-7,10-14H,8-9H2,1-3H3,(H2,31,32,33)/b21-11-. The number of fused-ring (bicyclic) bond motifs is 2. The summed E-state index contributed by atoms with van der Waals surface area (Å²) in [4.78, 5) is 46.8. The molecule has 0 atom stereocenters. The molecule has 5 rings (SSSR count). The van der Waals surface area contributed by atoms with Crippen molar-refractivity contribution >= 4 is 41.9 Å². The van der Waals surface area contributed by atoms with Crippen LogP contribution in [0.5, 0.6) is 17.2 Å². The predicted octanol–water partition coefficient (Wildman–Crippen LogP) is 3.67. The van der Waals surface area contributed by atoms with Crippen LogP contribution in [0.1, 0.15) is 31.8 Å². The van der Waals surface area contributed by atoms with Crippen LogP contribution in [-0.4, -0.2) is 49.2 Å². The molecule has 0 aromatic heterocycles. The molecule has 0 radical (unpaired) electrons. The number of Topliss-reactive ketones (excluding diaryl/α,β-unsaturated/α-hetero) is 2. The Kier molecular flexibility index (Phi) is 6.15. The summed E-state index contributed by atoms with van der Waals surface area (Å²) in [5.74, 6) is 0.597. The van der Waals surface area contributed by atoms with E-state index >= 15 is 0 Å². The van der Waals surface area contributed by atoms with Crippen molar-refractivity contribution in [2.45, 2.75) is 6.42 Å². The number of allylic oxidation sites excluding steroid dienone is 1. The van der Waals surface area contributed by atoms with E-state index in [1.54, 1.807) is 21.3 Å². The maximum absolute atomic E-state index is 13.0. The van der Waals surface area contributed by atoms with E-state index in [0.717, 1.165) is 29.4 Å². The molecule has 0 spiro atoms. The number of rotatable bonds is 6. The lowest BCUT2D eigenvalue weighted by molar-refractivity contribution is 0.0990. The minimum Gasteiger partial charge on any atom is -0.493 e. The summed E-state index contributed by atoms with van der Waals surface area (Å²) in [6, 6.07) is 13.0. The maximum Gasteiger partial charge on any atom is 0.356 e. The van der Waals surface area contributed by atoms with Gasteiger partial charge in [-0.2, -0.15) is 0 Å². The lowest BCUT2D eigenvalue weighted by atomic mass is 10.0. The SMILES string of the molecule is COc1cc(N2CCc3cc(/C=C4/C(=O)c5ccc(P(=O)(O)O)cc5C4=O)ccc32)cc(OC)c1OC. The number of hydrogen-bond donors (Lipinski definition) is 2.